The maximum atomic E-state index is 11.2. The zero-order valence-electron chi connectivity index (χ0n) is 12.1. The first-order chi connectivity index (χ1) is 9.08. The van der Waals surface area contributed by atoms with Gasteiger partial charge in [0.05, 0.1) is 6.61 Å². The lowest BCUT2D eigenvalue weighted by molar-refractivity contribution is -0.138. The zero-order valence-corrected chi connectivity index (χ0v) is 12.1. The number of carbonyl (C=O) groups is 1. The Balaban J connectivity index is 2.48. The average molecular weight is 261 g/mol. The van der Waals surface area contributed by atoms with E-state index in [0.717, 1.165) is 19.5 Å². The highest BCUT2D eigenvalue weighted by atomic mass is 16.5. The number of anilines is 1. The molecular weight excluding hydrogens is 238 g/mol. The highest BCUT2D eigenvalue weighted by Gasteiger charge is 2.04. The minimum Gasteiger partial charge on any atom is -0.462 e. The van der Waals surface area contributed by atoms with Crippen LogP contribution in [0.1, 0.15) is 26.3 Å². The Morgan fingerprint density at radius 2 is 1.79 bits per heavy atom. The van der Waals surface area contributed by atoms with E-state index in [1.54, 1.807) is 6.92 Å². The van der Waals surface area contributed by atoms with E-state index in [9.17, 15) is 4.79 Å². The van der Waals surface area contributed by atoms with E-state index in [2.05, 4.69) is 49.6 Å². The molecule has 1 aromatic carbocycles. The summed E-state index contributed by atoms with van der Waals surface area (Å²) in [7, 11) is 0. The standard InChI is InChI=1S/C16H23NO2/c1-5-17(6-2)15-9-7-14(8-10-15)11-12-19-16(18)13(3)4/h7-10H,3,5-6,11-12H2,1-2,4H3. The molecule has 0 saturated heterocycles. The average Bonchev–Trinajstić information content (AvgIpc) is 2.41. The number of ether oxygens (including phenoxy) is 1. The van der Waals surface area contributed by atoms with E-state index in [-0.39, 0.29) is 5.97 Å². The number of rotatable bonds is 7. The van der Waals surface area contributed by atoms with Gasteiger partial charge in [-0.3, -0.25) is 0 Å². The summed E-state index contributed by atoms with van der Waals surface area (Å²) in [5.41, 5.74) is 2.84. The molecule has 0 heterocycles. The van der Waals surface area contributed by atoms with Gasteiger partial charge >= 0.3 is 5.97 Å². The van der Waals surface area contributed by atoms with Crippen LogP contribution in [0.2, 0.25) is 0 Å². The number of benzene rings is 1. The van der Waals surface area contributed by atoms with Gasteiger partial charge in [-0.05, 0) is 38.5 Å². The van der Waals surface area contributed by atoms with Crippen molar-refractivity contribution in [2.45, 2.75) is 27.2 Å². The Bertz CT molecular complexity index is 419. The maximum absolute atomic E-state index is 11.2. The van der Waals surface area contributed by atoms with Crippen molar-refractivity contribution in [3.63, 3.8) is 0 Å². The fourth-order valence-electron chi connectivity index (χ4n) is 1.85. The van der Waals surface area contributed by atoms with Crippen LogP contribution in [0.15, 0.2) is 36.4 Å². The molecule has 0 fully saturated rings. The lowest BCUT2D eigenvalue weighted by Crippen LogP contribution is -2.21. The fourth-order valence-corrected chi connectivity index (χ4v) is 1.85. The number of nitrogens with zero attached hydrogens (tertiary/aromatic N) is 1. The first-order valence-electron chi connectivity index (χ1n) is 6.75. The molecule has 19 heavy (non-hydrogen) atoms. The first kappa shape index (κ1) is 15.3. The molecule has 0 unspecified atom stereocenters. The summed E-state index contributed by atoms with van der Waals surface area (Å²) in [5, 5.41) is 0. The van der Waals surface area contributed by atoms with Crippen LogP contribution in [-0.2, 0) is 16.0 Å². The minimum absolute atomic E-state index is 0.320. The van der Waals surface area contributed by atoms with E-state index in [0.29, 0.717) is 12.2 Å². The van der Waals surface area contributed by atoms with Gasteiger partial charge in [0, 0.05) is 30.8 Å². The van der Waals surface area contributed by atoms with Crippen molar-refractivity contribution in [1.82, 2.24) is 0 Å². The van der Waals surface area contributed by atoms with Gasteiger partial charge in [0.2, 0.25) is 0 Å². The third-order valence-electron chi connectivity index (χ3n) is 3.04. The van der Waals surface area contributed by atoms with Crippen LogP contribution in [0.5, 0.6) is 0 Å². The van der Waals surface area contributed by atoms with E-state index in [1.807, 2.05) is 0 Å². The van der Waals surface area contributed by atoms with Gasteiger partial charge in [-0.2, -0.15) is 0 Å². The Morgan fingerprint density at radius 3 is 2.26 bits per heavy atom. The minimum atomic E-state index is -0.320. The van der Waals surface area contributed by atoms with Crippen LogP contribution >= 0.6 is 0 Å². The molecule has 0 radical (unpaired) electrons. The molecule has 1 rings (SSSR count). The number of hydrogen-bond donors (Lipinski definition) is 0. The van der Waals surface area contributed by atoms with E-state index >= 15 is 0 Å². The van der Waals surface area contributed by atoms with Crippen LogP contribution in [0, 0.1) is 0 Å². The lowest BCUT2D eigenvalue weighted by Gasteiger charge is -2.21. The Kier molecular flexibility index (Phi) is 6.13. The molecule has 3 heteroatoms. The van der Waals surface area contributed by atoms with Crippen LogP contribution in [0.25, 0.3) is 0 Å². The summed E-state index contributed by atoms with van der Waals surface area (Å²) in [4.78, 5) is 13.5. The van der Waals surface area contributed by atoms with Crippen molar-refractivity contribution in [3.8, 4) is 0 Å². The van der Waals surface area contributed by atoms with Gasteiger partial charge in [0.25, 0.3) is 0 Å². The normalized spacial score (nSPS) is 10.1. The van der Waals surface area contributed by atoms with Crippen molar-refractivity contribution in [2.24, 2.45) is 0 Å². The van der Waals surface area contributed by atoms with Crippen LogP contribution in [0.3, 0.4) is 0 Å². The van der Waals surface area contributed by atoms with Crippen molar-refractivity contribution in [1.29, 1.82) is 0 Å². The molecule has 0 N–H and O–H groups in total. The predicted octanol–water partition coefficient (Wildman–Crippen LogP) is 3.19. The third-order valence-corrected chi connectivity index (χ3v) is 3.04. The number of carbonyl (C=O) groups excluding carboxylic acids is 1. The summed E-state index contributed by atoms with van der Waals surface area (Å²) < 4.78 is 5.08. The molecular formula is C16H23NO2. The van der Waals surface area contributed by atoms with Gasteiger partial charge < -0.3 is 9.64 Å². The Morgan fingerprint density at radius 1 is 1.21 bits per heavy atom. The highest BCUT2D eigenvalue weighted by Crippen LogP contribution is 2.15. The van der Waals surface area contributed by atoms with Crippen molar-refractivity contribution >= 4 is 11.7 Å². The molecule has 104 valence electrons. The van der Waals surface area contributed by atoms with Gasteiger partial charge in [0.1, 0.15) is 0 Å². The molecule has 0 aromatic heterocycles. The number of esters is 1. The fraction of sp³-hybridized carbons (Fsp3) is 0.438. The molecule has 0 aliphatic carbocycles. The third kappa shape index (κ3) is 4.78. The second-order valence-corrected chi connectivity index (χ2v) is 4.50. The monoisotopic (exact) mass is 261 g/mol. The molecule has 0 aliphatic rings. The Hall–Kier alpha value is -1.77. The van der Waals surface area contributed by atoms with Crippen LogP contribution < -0.4 is 4.90 Å². The SMILES string of the molecule is C=C(C)C(=O)OCCc1ccc(N(CC)CC)cc1. The van der Waals surface area contributed by atoms with Gasteiger partial charge in [-0.25, -0.2) is 4.79 Å². The molecule has 0 bridgehead atoms. The van der Waals surface area contributed by atoms with Gasteiger partial charge in [-0.1, -0.05) is 18.7 Å². The largest absolute Gasteiger partial charge is 0.462 e. The van der Waals surface area contributed by atoms with Crippen molar-refractivity contribution in [2.75, 3.05) is 24.6 Å². The van der Waals surface area contributed by atoms with E-state index in [4.69, 9.17) is 4.74 Å². The smallest absolute Gasteiger partial charge is 0.333 e. The van der Waals surface area contributed by atoms with Gasteiger partial charge in [0.15, 0.2) is 0 Å². The van der Waals surface area contributed by atoms with Crippen LogP contribution in [0.4, 0.5) is 5.69 Å². The lowest BCUT2D eigenvalue weighted by atomic mass is 10.1. The summed E-state index contributed by atoms with van der Waals surface area (Å²) in [6, 6.07) is 8.40. The highest BCUT2D eigenvalue weighted by molar-refractivity contribution is 5.86. The van der Waals surface area contributed by atoms with Gasteiger partial charge in [-0.15, -0.1) is 0 Å². The van der Waals surface area contributed by atoms with Crippen LogP contribution in [-0.4, -0.2) is 25.7 Å². The summed E-state index contributed by atoms with van der Waals surface area (Å²) in [5.74, 6) is -0.320. The van der Waals surface area contributed by atoms with Crippen molar-refractivity contribution in [3.05, 3.63) is 42.0 Å². The molecule has 0 saturated carbocycles. The Labute approximate surface area is 115 Å². The quantitative estimate of drug-likeness (QED) is 0.557. The molecule has 0 atom stereocenters. The zero-order chi connectivity index (χ0) is 14.3. The maximum Gasteiger partial charge on any atom is 0.333 e. The summed E-state index contributed by atoms with van der Waals surface area (Å²) >= 11 is 0. The molecule has 1 aromatic rings. The first-order valence-corrected chi connectivity index (χ1v) is 6.75. The molecule has 0 spiro atoms. The second kappa shape index (κ2) is 7.62. The van der Waals surface area contributed by atoms with E-state index < -0.39 is 0 Å². The van der Waals surface area contributed by atoms with E-state index in [1.165, 1.54) is 11.3 Å². The summed E-state index contributed by atoms with van der Waals surface area (Å²) in [6.07, 6.45) is 0.734. The molecule has 0 aliphatic heterocycles. The summed E-state index contributed by atoms with van der Waals surface area (Å²) in [6.45, 7) is 11.9. The molecule has 0 amide bonds. The predicted molar refractivity (Wildman–Crippen MR) is 79.5 cm³/mol. The topological polar surface area (TPSA) is 29.5 Å². The number of hydrogen-bond acceptors (Lipinski definition) is 3. The van der Waals surface area contributed by atoms with Crippen molar-refractivity contribution < 1.29 is 9.53 Å². The second-order valence-electron chi connectivity index (χ2n) is 4.50. The molecule has 3 nitrogen and oxygen atoms in total.